The Morgan fingerprint density at radius 3 is 2.93 bits per heavy atom. The van der Waals surface area contributed by atoms with Crippen LogP contribution in [0.2, 0.25) is 0 Å². The second-order valence-corrected chi connectivity index (χ2v) is 8.50. The number of aromatic nitrogens is 2. The monoisotopic (exact) mass is 385 g/mol. The number of halogens is 1. The molecule has 27 heavy (non-hydrogen) atoms. The number of carbonyl (C=O) groups excluding carboxylic acids is 1. The molecule has 0 radical (unpaired) electrons. The highest BCUT2D eigenvalue weighted by Crippen LogP contribution is 2.36. The number of nitrogens with zero attached hydrogens (tertiary/aromatic N) is 2. The maximum absolute atomic E-state index is 13.4. The largest absolute Gasteiger partial charge is 0.381 e. The van der Waals surface area contributed by atoms with Crippen molar-refractivity contribution in [2.75, 3.05) is 18.5 Å². The van der Waals surface area contributed by atoms with Gasteiger partial charge < -0.3 is 10.1 Å². The fraction of sp³-hybridized carbons (Fsp3) is 0.350. The molecule has 5 nitrogen and oxygen atoms in total. The van der Waals surface area contributed by atoms with Gasteiger partial charge in [0.15, 0.2) is 5.13 Å². The predicted molar refractivity (Wildman–Crippen MR) is 104 cm³/mol. The maximum atomic E-state index is 13.4. The maximum Gasteiger partial charge on any atom is 0.229 e. The van der Waals surface area contributed by atoms with Gasteiger partial charge in [-0.15, -0.1) is 0 Å². The van der Waals surface area contributed by atoms with Crippen LogP contribution < -0.4 is 5.32 Å². The van der Waals surface area contributed by atoms with Crippen molar-refractivity contribution < 1.29 is 13.9 Å². The SMILES string of the molecule is CC1(C)COCCC1C(=O)Nc1ncc(-c2ccc3cnc(F)cc3c2)s1. The normalized spacial score (nSPS) is 19.1. The first-order chi connectivity index (χ1) is 12.9. The van der Waals surface area contributed by atoms with E-state index < -0.39 is 5.95 Å². The molecule has 0 aliphatic carbocycles. The number of fused-ring (bicyclic) bond motifs is 1. The van der Waals surface area contributed by atoms with Crippen LogP contribution in [-0.4, -0.2) is 29.1 Å². The van der Waals surface area contributed by atoms with E-state index in [0.29, 0.717) is 24.8 Å². The van der Waals surface area contributed by atoms with Gasteiger partial charge in [-0.2, -0.15) is 4.39 Å². The van der Waals surface area contributed by atoms with Crippen LogP contribution in [0.25, 0.3) is 21.2 Å². The van der Waals surface area contributed by atoms with E-state index in [1.165, 1.54) is 23.6 Å². The van der Waals surface area contributed by atoms with E-state index >= 15 is 0 Å². The molecule has 1 aliphatic rings. The predicted octanol–water partition coefficient (Wildman–Crippen LogP) is 4.50. The Kier molecular flexibility index (Phi) is 4.65. The number of thiazole rings is 1. The van der Waals surface area contributed by atoms with Crippen LogP contribution in [0.1, 0.15) is 20.3 Å². The average molecular weight is 385 g/mol. The van der Waals surface area contributed by atoms with Crippen LogP contribution in [0.3, 0.4) is 0 Å². The van der Waals surface area contributed by atoms with Crippen molar-refractivity contribution in [1.82, 2.24) is 9.97 Å². The molecule has 3 heterocycles. The second-order valence-electron chi connectivity index (χ2n) is 7.47. The first-order valence-electron chi connectivity index (χ1n) is 8.82. The molecular formula is C20H20FN3O2S. The smallest absolute Gasteiger partial charge is 0.229 e. The van der Waals surface area contributed by atoms with Crippen molar-refractivity contribution in [3.63, 3.8) is 0 Å². The van der Waals surface area contributed by atoms with Crippen molar-refractivity contribution in [1.29, 1.82) is 0 Å². The molecule has 4 rings (SSSR count). The molecule has 1 N–H and O–H groups in total. The summed E-state index contributed by atoms with van der Waals surface area (Å²) in [4.78, 5) is 21.6. The molecule has 1 saturated heterocycles. The summed E-state index contributed by atoms with van der Waals surface area (Å²) in [6, 6.07) is 7.17. The zero-order chi connectivity index (χ0) is 19.0. The highest BCUT2D eigenvalue weighted by atomic mass is 32.1. The second kappa shape index (κ2) is 6.98. The number of carbonyl (C=O) groups is 1. The van der Waals surface area contributed by atoms with Crippen LogP contribution in [0.4, 0.5) is 9.52 Å². The first kappa shape index (κ1) is 18.0. The van der Waals surface area contributed by atoms with Gasteiger partial charge in [0.25, 0.3) is 0 Å². The lowest BCUT2D eigenvalue weighted by molar-refractivity contribution is -0.130. The van der Waals surface area contributed by atoms with E-state index in [1.807, 2.05) is 32.0 Å². The number of benzene rings is 1. The lowest BCUT2D eigenvalue weighted by Crippen LogP contribution is -2.42. The van der Waals surface area contributed by atoms with E-state index in [1.54, 1.807) is 6.20 Å². The van der Waals surface area contributed by atoms with E-state index in [-0.39, 0.29) is 17.2 Å². The highest BCUT2D eigenvalue weighted by Gasteiger charge is 2.38. The zero-order valence-corrected chi connectivity index (χ0v) is 16.0. The molecule has 1 amide bonds. The van der Waals surface area contributed by atoms with Gasteiger partial charge in [-0.3, -0.25) is 4.79 Å². The van der Waals surface area contributed by atoms with Crippen molar-refractivity contribution in [3.8, 4) is 10.4 Å². The molecule has 0 spiro atoms. The summed E-state index contributed by atoms with van der Waals surface area (Å²) in [7, 11) is 0. The van der Waals surface area contributed by atoms with Crippen LogP contribution in [0, 0.1) is 17.3 Å². The molecule has 3 aromatic rings. The van der Waals surface area contributed by atoms with Crippen LogP contribution in [-0.2, 0) is 9.53 Å². The molecular weight excluding hydrogens is 365 g/mol. The molecule has 7 heteroatoms. The van der Waals surface area contributed by atoms with Gasteiger partial charge in [-0.1, -0.05) is 37.3 Å². The van der Waals surface area contributed by atoms with Crippen molar-refractivity contribution >= 4 is 33.1 Å². The van der Waals surface area contributed by atoms with Crippen molar-refractivity contribution in [3.05, 3.63) is 42.6 Å². The number of hydrogen-bond acceptors (Lipinski definition) is 5. The minimum absolute atomic E-state index is 0.0177. The first-order valence-corrected chi connectivity index (χ1v) is 9.64. The standard InChI is InChI=1S/C20H20FN3O2S/c1-20(2)11-26-6-5-15(20)18(25)24-19-23-10-16(27-19)12-3-4-13-9-22-17(21)8-14(13)7-12/h3-4,7-10,15H,5-6,11H2,1-2H3,(H,23,24,25). The molecule has 1 aromatic carbocycles. The van der Waals surface area contributed by atoms with Crippen LogP contribution in [0.5, 0.6) is 0 Å². The van der Waals surface area contributed by atoms with Gasteiger partial charge in [0.2, 0.25) is 11.9 Å². The van der Waals surface area contributed by atoms with Crippen LogP contribution >= 0.6 is 11.3 Å². The average Bonchev–Trinajstić information content (AvgIpc) is 3.09. The van der Waals surface area contributed by atoms with Gasteiger partial charge in [0, 0.05) is 36.4 Å². The van der Waals surface area contributed by atoms with Crippen molar-refractivity contribution in [2.45, 2.75) is 20.3 Å². The molecule has 0 bridgehead atoms. The zero-order valence-electron chi connectivity index (χ0n) is 15.2. The van der Waals surface area contributed by atoms with Gasteiger partial charge in [0.05, 0.1) is 11.5 Å². The number of ether oxygens (including phenoxy) is 1. The minimum atomic E-state index is -0.504. The highest BCUT2D eigenvalue weighted by molar-refractivity contribution is 7.19. The van der Waals surface area contributed by atoms with Gasteiger partial charge in [-0.25, -0.2) is 9.97 Å². The lowest BCUT2D eigenvalue weighted by Gasteiger charge is -2.36. The Hall–Kier alpha value is -2.38. The molecule has 140 valence electrons. The molecule has 1 aliphatic heterocycles. The summed E-state index contributed by atoms with van der Waals surface area (Å²) in [5.41, 5.74) is 0.733. The van der Waals surface area contributed by atoms with E-state index in [2.05, 4.69) is 15.3 Å². The molecule has 0 saturated carbocycles. The number of nitrogens with one attached hydrogen (secondary N) is 1. The Labute approximate surface area is 160 Å². The van der Waals surface area contributed by atoms with E-state index in [4.69, 9.17) is 4.74 Å². The number of anilines is 1. The Bertz CT molecular complexity index is 1000. The Balaban J connectivity index is 1.54. The molecule has 1 fully saturated rings. The van der Waals surface area contributed by atoms with E-state index in [9.17, 15) is 9.18 Å². The third-order valence-corrected chi connectivity index (χ3v) is 5.96. The van der Waals surface area contributed by atoms with Gasteiger partial charge >= 0.3 is 0 Å². The summed E-state index contributed by atoms with van der Waals surface area (Å²) in [5.74, 6) is -0.624. The fourth-order valence-corrected chi connectivity index (χ4v) is 4.25. The summed E-state index contributed by atoms with van der Waals surface area (Å²) in [5, 5.41) is 5.17. The van der Waals surface area contributed by atoms with Crippen LogP contribution in [0.15, 0.2) is 36.7 Å². The minimum Gasteiger partial charge on any atom is -0.381 e. The summed E-state index contributed by atoms with van der Waals surface area (Å²) in [6.07, 6.45) is 3.96. The van der Waals surface area contributed by atoms with Gasteiger partial charge in [-0.05, 0) is 28.9 Å². The Morgan fingerprint density at radius 1 is 1.26 bits per heavy atom. The third-order valence-electron chi connectivity index (χ3n) is 4.99. The topological polar surface area (TPSA) is 64.1 Å². The number of pyridine rings is 1. The van der Waals surface area contributed by atoms with E-state index in [0.717, 1.165) is 21.2 Å². The Morgan fingerprint density at radius 2 is 2.11 bits per heavy atom. The van der Waals surface area contributed by atoms with Gasteiger partial charge in [0.1, 0.15) is 0 Å². The number of rotatable bonds is 3. The summed E-state index contributed by atoms with van der Waals surface area (Å²) < 4.78 is 18.9. The van der Waals surface area contributed by atoms with Crippen molar-refractivity contribution in [2.24, 2.45) is 11.3 Å². The molecule has 2 aromatic heterocycles. The summed E-state index contributed by atoms with van der Waals surface area (Å²) >= 11 is 1.41. The fourth-order valence-electron chi connectivity index (χ4n) is 3.44. The number of amides is 1. The lowest BCUT2D eigenvalue weighted by atomic mass is 9.76. The third kappa shape index (κ3) is 3.70. The quantitative estimate of drug-likeness (QED) is 0.675. The summed E-state index contributed by atoms with van der Waals surface area (Å²) in [6.45, 7) is 5.28. The number of hydrogen-bond donors (Lipinski definition) is 1. The molecule has 1 atom stereocenters. The molecule has 1 unspecified atom stereocenters.